The summed E-state index contributed by atoms with van der Waals surface area (Å²) >= 11 is 0. The second-order valence-corrected chi connectivity index (χ2v) is 7.37. The van der Waals surface area contributed by atoms with Crippen molar-refractivity contribution in [1.29, 1.82) is 0 Å². The van der Waals surface area contributed by atoms with Crippen molar-refractivity contribution >= 4 is 27.3 Å². The maximum atomic E-state index is 12.4. The van der Waals surface area contributed by atoms with Gasteiger partial charge in [0.2, 0.25) is 10.0 Å². The number of fused-ring (bicyclic) bond motifs is 1. The van der Waals surface area contributed by atoms with E-state index in [4.69, 9.17) is 9.47 Å². The van der Waals surface area contributed by atoms with Crippen molar-refractivity contribution in [1.82, 2.24) is 0 Å². The van der Waals surface area contributed by atoms with Gasteiger partial charge < -0.3 is 14.8 Å². The molecule has 132 valence electrons. The van der Waals surface area contributed by atoms with Crippen molar-refractivity contribution in [2.75, 3.05) is 29.5 Å². The number of ether oxygens (including phenoxy) is 2. The molecule has 0 aromatic heterocycles. The molecule has 1 aliphatic rings. The number of hydrogen-bond acceptors (Lipinski definition) is 5. The Labute approximate surface area is 146 Å². The summed E-state index contributed by atoms with van der Waals surface area (Å²) in [6, 6.07) is 11.4. The highest BCUT2D eigenvalue weighted by atomic mass is 32.2. The van der Waals surface area contributed by atoms with Crippen LogP contribution in [0.1, 0.15) is 16.8 Å². The molecule has 8 heteroatoms. The van der Waals surface area contributed by atoms with Crippen LogP contribution in [0.5, 0.6) is 11.5 Å². The van der Waals surface area contributed by atoms with Gasteiger partial charge in [0, 0.05) is 29.4 Å². The third kappa shape index (κ3) is 4.63. The third-order valence-corrected chi connectivity index (χ3v) is 4.04. The summed E-state index contributed by atoms with van der Waals surface area (Å²) in [5, 5.41) is 2.77. The Balaban J connectivity index is 1.76. The summed E-state index contributed by atoms with van der Waals surface area (Å²) < 4.78 is 36.1. The average molecular weight is 362 g/mol. The van der Waals surface area contributed by atoms with Crippen molar-refractivity contribution in [3.05, 3.63) is 48.0 Å². The van der Waals surface area contributed by atoms with Gasteiger partial charge in [0.15, 0.2) is 11.5 Å². The smallest absolute Gasteiger partial charge is 0.255 e. The molecule has 0 aliphatic carbocycles. The number of anilines is 2. The van der Waals surface area contributed by atoms with E-state index >= 15 is 0 Å². The van der Waals surface area contributed by atoms with Crippen LogP contribution in [0.2, 0.25) is 0 Å². The van der Waals surface area contributed by atoms with Crippen LogP contribution in [0.4, 0.5) is 11.4 Å². The first-order valence-corrected chi connectivity index (χ1v) is 9.59. The van der Waals surface area contributed by atoms with E-state index in [1.54, 1.807) is 36.4 Å². The average Bonchev–Trinajstić information content (AvgIpc) is 2.78. The first kappa shape index (κ1) is 17.1. The Morgan fingerprint density at radius 3 is 2.52 bits per heavy atom. The minimum absolute atomic E-state index is 0.328. The monoisotopic (exact) mass is 362 g/mol. The molecular formula is C17H18N2O5S. The SMILES string of the molecule is CS(=O)(=O)Nc1cccc(C(=O)Nc2ccc3c(c2)OCCCO3)c1. The van der Waals surface area contributed by atoms with Crippen LogP contribution >= 0.6 is 0 Å². The van der Waals surface area contributed by atoms with Gasteiger partial charge in [0.05, 0.1) is 19.5 Å². The minimum atomic E-state index is -3.40. The van der Waals surface area contributed by atoms with Gasteiger partial charge in [-0.15, -0.1) is 0 Å². The summed E-state index contributed by atoms with van der Waals surface area (Å²) in [6.07, 6.45) is 1.86. The first-order valence-electron chi connectivity index (χ1n) is 7.69. The van der Waals surface area contributed by atoms with E-state index in [-0.39, 0.29) is 5.91 Å². The zero-order valence-corrected chi connectivity index (χ0v) is 14.4. The van der Waals surface area contributed by atoms with E-state index in [1.165, 1.54) is 6.07 Å². The molecule has 0 fully saturated rings. The van der Waals surface area contributed by atoms with Crippen LogP contribution in [-0.2, 0) is 10.0 Å². The van der Waals surface area contributed by atoms with Gasteiger partial charge in [-0.1, -0.05) is 6.07 Å². The molecule has 0 spiro atoms. The third-order valence-electron chi connectivity index (χ3n) is 3.43. The molecule has 2 aromatic rings. The highest BCUT2D eigenvalue weighted by Crippen LogP contribution is 2.32. The number of carbonyl (C=O) groups is 1. The molecule has 3 rings (SSSR count). The largest absolute Gasteiger partial charge is 0.490 e. The maximum Gasteiger partial charge on any atom is 0.255 e. The molecule has 0 bridgehead atoms. The van der Waals surface area contributed by atoms with E-state index in [0.29, 0.717) is 41.7 Å². The van der Waals surface area contributed by atoms with Crippen LogP contribution in [0.15, 0.2) is 42.5 Å². The Hall–Kier alpha value is -2.74. The van der Waals surface area contributed by atoms with E-state index in [2.05, 4.69) is 10.0 Å². The zero-order valence-electron chi connectivity index (χ0n) is 13.6. The Bertz CT molecular complexity index is 896. The number of rotatable bonds is 4. The highest BCUT2D eigenvalue weighted by Gasteiger charge is 2.13. The van der Waals surface area contributed by atoms with Crippen molar-refractivity contribution in [2.45, 2.75) is 6.42 Å². The number of amides is 1. The lowest BCUT2D eigenvalue weighted by molar-refractivity contribution is 0.102. The standard InChI is InChI=1S/C17H18N2O5S/c1-25(21,22)19-14-5-2-4-12(10-14)17(20)18-13-6-7-15-16(11-13)24-9-3-8-23-15/h2,4-7,10-11,19H,3,8-9H2,1H3,(H,18,20). The second kappa shape index (κ2) is 7.02. The fraction of sp³-hybridized carbons (Fsp3) is 0.235. The fourth-order valence-corrected chi connectivity index (χ4v) is 2.94. The number of sulfonamides is 1. The lowest BCUT2D eigenvalue weighted by Gasteiger charge is -2.11. The predicted octanol–water partition coefficient (Wildman–Crippen LogP) is 2.47. The molecule has 0 unspecified atom stereocenters. The number of hydrogen-bond donors (Lipinski definition) is 2. The van der Waals surface area contributed by atoms with Gasteiger partial charge in [0.25, 0.3) is 5.91 Å². The zero-order chi connectivity index (χ0) is 17.9. The fourth-order valence-electron chi connectivity index (χ4n) is 2.38. The van der Waals surface area contributed by atoms with Gasteiger partial charge in [-0.25, -0.2) is 8.42 Å². The lowest BCUT2D eigenvalue weighted by atomic mass is 10.2. The molecular weight excluding hydrogens is 344 g/mol. The number of benzene rings is 2. The Morgan fingerprint density at radius 1 is 1.00 bits per heavy atom. The van der Waals surface area contributed by atoms with Crippen molar-refractivity contribution in [3.8, 4) is 11.5 Å². The number of nitrogens with one attached hydrogen (secondary N) is 2. The van der Waals surface area contributed by atoms with Gasteiger partial charge >= 0.3 is 0 Å². The van der Waals surface area contributed by atoms with Crippen molar-refractivity contribution in [3.63, 3.8) is 0 Å². The molecule has 1 heterocycles. The van der Waals surface area contributed by atoms with Crippen LogP contribution in [0, 0.1) is 0 Å². The quantitative estimate of drug-likeness (QED) is 0.871. The normalized spacial score (nSPS) is 13.6. The van der Waals surface area contributed by atoms with E-state index in [0.717, 1.165) is 12.7 Å². The van der Waals surface area contributed by atoms with Gasteiger partial charge in [-0.3, -0.25) is 9.52 Å². The molecule has 0 saturated heterocycles. The minimum Gasteiger partial charge on any atom is -0.490 e. The molecule has 7 nitrogen and oxygen atoms in total. The highest BCUT2D eigenvalue weighted by molar-refractivity contribution is 7.92. The van der Waals surface area contributed by atoms with Crippen LogP contribution in [0.25, 0.3) is 0 Å². The summed E-state index contributed by atoms with van der Waals surface area (Å²) in [7, 11) is -3.40. The van der Waals surface area contributed by atoms with E-state index in [1.807, 2.05) is 0 Å². The van der Waals surface area contributed by atoms with Crippen molar-refractivity contribution in [2.24, 2.45) is 0 Å². The summed E-state index contributed by atoms with van der Waals surface area (Å²) in [5.74, 6) is 0.879. The second-order valence-electron chi connectivity index (χ2n) is 5.62. The van der Waals surface area contributed by atoms with Gasteiger partial charge in [-0.2, -0.15) is 0 Å². The topological polar surface area (TPSA) is 93.7 Å². The predicted molar refractivity (Wildman–Crippen MR) is 94.9 cm³/mol. The van der Waals surface area contributed by atoms with Gasteiger partial charge in [-0.05, 0) is 30.3 Å². The van der Waals surface area contributed by atoms with Crippen LogP contribution < -0.4 is 19.5 Å². The van der Waals surface area contributed by atoms with Crippen molar-refractivity contribution < 1.29 is 22.7 Å². The molecule has 0 atom stereocenters. The summed E-state index contributed by atoms with van der Waals surface area (Å²) in [5.41, 5.74) is 1.23. The molecule has 0 saturated carbocycles. The van der Waals surface area contributed by atoms with Crippen LogP contribution in [0.3, 0.4) is 0 Å². The Morgan fingerprint density at radius 2 is 1.76 bits per heavy atom. The summed E-state index contributed by atoms with van der Waals surface area (Å²) in [4.78, 5) is 12.4. The number of carbonyl (C=O) groups excluding carboxylic acids is 1. The van der Waals surface area contributed by atoms with Gasteiger partial charge in [0.1, 0.15) is 0 Å². The molecule has 1 aliphatic heterocycles. The molecule has 25 heavy (non-hydrogen) atoms. The molecule has 1 amide bonds. The first-order chi connectivity index (χ1) is 11.9. The molecule has 2 N–H and O–H groups in total. The van der Waals surface area contributed by atoms with E-state index in [9.17, 15) is 13.2 Å². The lowest BCUT2D eigenvalue weighted by Crippen LogP contribution is -2.14. The van der Waals surface area contributed by atoms with Crippen LogP contribution in [-0.4, -0.2) is 33.8 Å². The Kier molecular flexibility index (Phi) is 4.80. The maximum absolute atomic E-state index is 12.4. The van der Waals surface area contributed by atoms with E-state index < -0.39 is 10.0 Å². The molecule has 0 radical (unpaired) electrons. The molecule has 2 aromatic carbocycles. The summed E-state index contributed by atoms with van der Waals surface area (Å²) in [6.45, 7) is 1.16.